The molecule has 4 rings (SSSR count). The van der Waals surface area contributed by atoms with Gasteiger partial charge in [0.05, 0.1) is 5.69 Å². The molecule has 2 aromatic carbocycles. The first kappa shape index (κ1) is 17.4. The van der Waals surface area contributed by atoms with Crippen molar-refractivity contribution < 1.29 is 17.9 Å². The SMILES string of the molecule is CC(C)n1cc(S(=O)(=O)Nc2ccc3c(c2)OCO3)c(-c2ccccc2)n1. The van der Waals surface area contributed by atoms with E-state index in [-0.39, 0.29) is 17.7 Å². The topological polar surface area (TPSA) is 82.5 Å². The van der Waals surface area contributed by atoms with Gasteiger partial charge in [-0.3, -0.25) is 9.40 Å². The van der Waals surface area contributed by atoms with Crippen molar-refractivity contribution in [3.05, 3.63) is 54.7 Å². The monoisotopic (exact) mass is 385 g/mol. The van der Waals surface area contributed by atoms with Crippen molar-refractivity contribution in [1.82, 2.24) is 9.78 Å². The van der Waals surface area contributed by atoms with E-state index in [0.29, 0.717) is 22.9 Å². The van der Waals surface area contributed by atoms with Gasteiger partial charge in [-0.15, -0.1) is 0 Å². The lowest BCUT2D eigenvalue weighted by Gasteiger charge is -2.09. The van der Waals surface area contributed by atoms with Crippen LogP contribution >= 0.6 is 0 Å². The lowest BCUT2D eigenvalue weighted by atomic mass is 10.2. The summed E-state index contributed by atoms with van der Waals surface area (Å²) in [6.45, 7) is 4.03. The van der Waals surface area contributed by atoms with Crippen LogP contribution in [0.5, 0.6) is 11.5 Å². The summed E-state index contributed by atoms with van der Waals surface area (Å²) < 4.78 is 41.0. The maximum atomic E-state index is 13.1. The van der Waals surface area contributed by atoms with E-state index in [1.165, 1.54) is 0 Å². The van der Waals surface area contributed by atoms with E-state index >= 15 is 0 Å². The number of benzene rings is 2. The van der Waals surface area contributed by atoms with Crippen molar-refractivity contribution in [2.45, 2.75) is 24.8 Å². The van der Waals surface area contributed by atoms with E-state index in [1.807, 2.05) is 44.2 Å². The number of nitrogens with zero attached hydrogens (tertiary/aromatic N) is 2. The van der Waals surface area contributed by atoms with Crippen LogP contribution < -0.4 is 14.2 Å². The van der Waals surface area contributed by atoms with Crippen LogP contribution in [-0.2, 0) is 10.0 Å². The summed E-state index contributed by atoms with van der Waals surface area (Å²) in [5.74, 6) is 1.10. The average Bonchev–Trinajstić information content (AvgIpc) is 3.29. The number of fused-ring (bicyclic) bond motifs is 1. The summed E-state index contributed by atoms with van der Waals surface area (Å²) in [5, 5.41) is 4.50. The van der Waals surface area contributed by atoms with Crippen LogP contribution in [0, 0.1) is 0 Å². The molecule has 0 unspecified atom stereocenters. The predicted molar refractivity (Wildman–Crippen MR) is 101 cm³/mol. The Morgan fingerprint density at radius 2 is 1.81 bits per heavy atom. The van der Waals surface area contributed by atoms with Crippen molar-refractivity contribution >= 4 is 15.7 Å². The minimum absolute atomic E-state index is 0.0296. The van der Waals surface area contributed by atoms with Crippen LogP contribution in [0.3, 0.4) is 0 Å². The molecule has 0 amide bonds. The summed E-state index contributed by atoms with van der Waals surface area (Å²) in [7, 11) is -3.85. The summed E-state index contributed by atoms with van der Waals surface area (Å²) in [6, 6.07) is 14.2. The molecule has 1 aromatic heterocycles. The molecule has 7 nitrogen and oxygen atoms in total. The summed E-state index contributed by atoms with van der Waals surface area (Å²) in [5.41, 5.74) is 1.55. The van der Waals surface area contributed by atoms with Gasteiger partial charge in [0.25, 0.3) is 10.0 Å². The average molecular weight is 385 g/mol. The van der Waals surface area contributed by atoms with Gasteiger partial charge < -0.3 is 9.47 Å². The maximum absolute atomic E-state index is 13.1. The van der Waals surface area contributed by atoms with Crippen LogP contribution in [0.2, 0.25) is 0 Å². The van der Waals surface area contributed by atoms with Gasteiger partial charge in [0.1, 0.15) is 10.6 Å². The zero-order valence-corrected chi connectivity index (χ0v) is 15.7. The van der Waals surface area contributed by atoms with Gasteiger partial charge in [0, 0.05) is 23.9 Å². The second-order valence-electron chi connectivity index (χ2n) is 6.46. The molecule has 140 valence electrons. The lowest BCUT2D eigenvalue weighted by Crippen LogP contribution is -2.13. The molecule has 3 aromatic rings. The highest BCUT2D eigenvalue weighted by molar-refractivity contribution is 7.92. The van der Waals surface area contributed by atoms with Gasteiger partial charge in [0.15, 0.2) is 11.5 Å². The van der Waals surface area contributed by atoms with E-state index < -0.39 is 10.0 Å². The molecule has 0 atom stereocenters. The van der Waals surface area contributed by atoms with E-state index in [1.54, 1.807) is 29.1 Å². The van der Waals surface area contributed by atoms with Crippen LogP contribution in [0.4, 0.5) is 5.69 Å². The fourth-order valence-electron chi connectivity index (χ4n) is 2.80. The second-order valence-corrected chi connectivity index (χ2v) is 8.11. The van der Waals surface area contributed by atoms with Crippen LogP contribution in [0.1, 0.15) is 19.9 Å². The Balaban J connectivity index is 1.75. The zero-order valence-electron chi connectivity index (χ0n) is 14.9. The first-order valence-corrected chi connectivity index (χ1v) is 9.99. The standard InChI is InChI=1S/C19H19N3O4S/c1-13(2)22-11-18(19(20-22)14-6-4-3-5-7-14)27(23,24)21-15-8-9-16-17(10-15)26-12-25-16/h3-11,13,21H,12H2,1-2H3. The fraction of sp³-hybridized carbons (Fsp3) is 0.211. The van der Waals surface area contributed by atoms with Crippen molar-refractivity contribution in [3.8, 4) is 22.8 Å². The van der Waals surface area contributed by atoms with Crippen molar-refractivity contribution in [2.75, 3.05) is 11.5 Å². The molecule has 0 aliphatic carbocycles. The van der Waals surface area contributed by atoms with Gasteiger partial charge in [0.2, 0.25) is 6.79 Å². The number of ether oxygens (including phenoxy) is 2. The smallest absolute Gasteiger partial charge is 0.265 e. The van der Waals surface area contributed by atoms with Crippen LogP contribution in [0.15, 0.2) is 59.6 Å². The molecule has 27 heavy (non-hydrogen) atoms. The second kappa shape index (κ2) is 6.62. The molecule has 8 heteroatoms. The van der Waals surface area contributed by atoms with Gasteiger partial charge >= 0.3 is 0 Å². The molecule has 0 saturated heterocycles. The number of aromatic nitrogens is 2. The molecule has 0 bridgehead atoms. The number of sulfonamides is 1. The Labute approximate surface area is 157 Å². The van der Waals surface area contributed by atoms with E-state index in [4.69, 9.17) is 9.47 Å². The van der Waals surface area contributed by atoms with E-state index in [9.17, 15) is 8.42 Å². The van der Waals surface area contributed by atoms with Crippen LogP contribution in [0.25, 0.3) is 11.3 Å². The zero-order chi connectivity index (χ0) is 19.0. The number of anilines is 1. The van der Waals surface area contributed by atoms with Gasteiger partial charge in [-0.05, 0) is 26.0 Å². The number of hydrogen-bond donors (Lipinski definition) is 1. The van der Waals surface area contributed by atoms with E-state index in [2.05, 4.69) is 9.82 Å². The summed E-state index contributed by atoms with van der Waals surface area (Å²) in [4.78, 5) is 0.125. The molecule has 1 N–H and O–H groups in total. The molecular formula is C19H19N3O4S. The van der Waals surface area contributed by atoms with E-state index in [0.717, 1.165) is 5.56 Å². The molecule has 0 spiro atoms. The lowest BCUT2D eigenvalue weighted by molar-refractivity contribution is 0.174. The highest BCUT2D eigenvalue weighted by Crippen LogP contribution is 2.35. The molecule has 0 fully saturated rings. The van der Waals surface area contributed by atoms with Crippen molar-refractivity contribution in [3.63, 3.8) is 0 Å². The Bertz CT molecular complexity index is 1080. The van der Waals surface area contributed by atoms with Crippen molar-refractivity contribution in [1.29, 1.82) is 0 Å². The van der Waals surface area contributed by atoms with Gasteiger partial charge in [-0.1, -0.05) is 30.3 Å². The third-order valence-electron chi connectivity index (χ3n) is 4.19. The first-order chi connectivity index (χ1) is 12.9. The first-order valence-electron chi connectivity index (χ1n) is 8.51. The molecule has 2 heterocycles. The molecular weight excluding hydrogens is 366 g/mol. The minimum atomic E-state index is -3.85. The molecule has 1 aliphatic heterocycles. The van der Waals surface area contributed by atoms with Crippen molar-refractivity contribution in [2.24, 2.45) is 0 Å². The van der Waals surface area contributed by atoms with Gasteiger partial charge in [-0.2, -0.15) is 5.10 Å². The Morgan fingerprint density at radius 1 is 1.07 bits per heavy atom. The third-order valence-corrected chi connectivity index (χ3v) is 5.57. The molecule has 1 aliphatic rings. The fourth-order valence-corrected chi connectivity index (χ4v) is 4.01. The highest BCUT2D eigenvalue weighted by atomic mass is 32.2. The normalized spacial score (nSPS) is 13.1. The molecule has 0 saturated carbocycles. The third kappa shape index (κ3) is 3.35. The minimum Gasteiger partial charge on any atom is -0.454 e. The number of hydrogen-bond acceptors (Lipinski definition) is 5. The Kier molecular flexibility index (Phi) is 4.27. The number of nitrogens with one attached hydrogen (secondary N) is 1. The summed E-state index contributed by atoms with van der Waals surface area (Å²) in [6.07, 6.45) is 1.56. The quantitative estimate of drug-likeness (QED) is 0.725. The largest absolute Gasteiger partial charge is 0.454 e. The molecule has 0 radical (unpaired) electrons. The number of rotatable bonds is 5. The Hall–Kier alpha value is -3.00. The maximum Gasteiger partial charge on any atom is 0.265 e. The highest BCUT2D eigenvalue weighted by Gasteiger charge is 2.25. The Morgan fingerprint density at radius 3 is 2.56 bits per heavy atom. The predicted octanol–water partition coefficient (Wildman–Crippen LogP) is 3.66. The van der Waals surface area contributed by atoms with Crippen LogP contribution in [-0.4, -0.2) is 25.0 Å². The summed E-state index contributed by atoms with van der Waals surface area (Å²) >= 11 is 0. The van der Waals surface area contributed by atoms with Gasteiger partial charge in [-0.25, -0.2) is 8.42 Å².